The van der Waals surface area contributed by atoms with E-state index < -0.39 is 0 Å². The van der Waals surface area contributed by atoms with Gasteiger partial charge < -0.3 is 15.0 Å². The molecule has 10 heteroatoms. The third-order valence-electron chi connectivity index (χ3n) is 5.73. The predicted molar refractivity (Wildman–Crippen MR) is 118 cm³/mol. The third-order valence-corrected chi connectivity index (χ3v) is 5.73. The molecule has 4 rings (SSSR count). The standard InChI is InChI=1S/C21H29N7O3/c29-28(30)19-20(22-6-7-25-12-14-31-15-13-25)23-17-24-21(19)27-10-8-26(9-11-27)16-18-4-2-1-3-5-18/h1-5,17H,6-16H2,(H,22,23,24). The lowest BCUT2D eigenvalue weighted by Crippen LogP contribution is -2.46. The van der Waals surface area contributed by atoms with Crippen molar-refractivity contribution in [2.75, 3.05) is 75.8 Å². The summed E-state index contributed by atoms with van der Waals surface area (Å²) in [7, 11) is 0. The molecule has 0 amide bonds. The molecule has 31 heavy (non-hydrogen) atoms. The Hall–Kier alpha value is -2.82. The zero-order valence-electron chi connectivity index (χ0n) is 17.7. The monoisotopic (exact) mass is 427 g/mol. The molecule has 2 aliphatic rings. The van der Waals surface area contributed by atoms with E-state index in [1.807, 2.05) is 23.1 Å². The van der Waals surface area contributed by atoms with Crippen LogP contribution in [0.1, 0.15) is 5.56 Å². The van der Waals surface area contributed by atoms with Crippen molar-refractivity contribution >= 4 is 17.3 Å². The first-order chi connectivity index (χ1) is 15.2. The lowest BCUT2D eigenvalue weighted by molar-refractivity contribution is -0.383. The minimum absolute atomic E-state index is 0.0408. The fraction of sp³-hybridized carbons (Fsp3) is 0.524. The van der Waals surface area contributed by atoms with Crippen LogP contribution in [0, 0.1) is 10.1 Å². The summed E-state index contributed by atoms with van der Waals surface area (Å²) in [6, 6.07) is 10.3. The molecule has 3 heterocycles. The second-order valence-corrected chi connectivity index (χ2v) is 7.78. The summed E-state index contributed by atoms with van der Waals surface area (Å²) in [4.78, 5) is 26.6. The van der Waals surface area contributed by atoms with Crippen LogP contribution in [-0.4, -0.2) is 90.3 Å². The molecule has 10 nitrogen and oxygen atoms in total. The van der Waals surface area contributed by atoms with Gasteiger partial charge in [0.05, 0.1) is 18.1 Å². The molecule has 0 saturated carbocycles. The van der Waals surface area contributed by atoms with E-state index in [0.717, 1.165) is 52.5 Å². The number of nitrogens with zero attached hydrogens (tertiary/aromatic N) is 6. The number of benzene rings is 1. The van der Waals surface area contributed by atoms with Gasteiger partial charge in [0.15, 0.2) is 0 Å². The molecule has 2 aliphatic heterocycles. The first-order valence-corrected chi connectivity index (χ1v) is 10.8. The number of hydrogen-bond donors (Lipinski definition) is 1. The molecule has 2 aromatic rings. The predicted octanol–water partition coefficient (Wildman–Crippen LogP) is 1.45. The number of rotatable bonds is 8. The van der Waals surface area contributed by atoms with Crippen LogP contribution in [0.15, 0.2) is 36.7 Å². The highest BCUT2D eigenvalue weighted by Crippen LogP contribution is 2.32. The third kappa shape index (κ3) is 5.66. The van der Waals surface area contributed by atoms with Gasteiger partial charge in [-0.2, -0.15) is 0 Å². The van der Waals surface area contributed by atoms with Gasteiger partial charge in [0, 0.05) is 58.9 Å². The highest BCUT2D eigenvalue weighted by Gasteiger charge is 2.29. The van der Waals surface area contributed by atoms with Gasteiger partial charge in [0.1, 0.15) is 6.33 Å². The largest absolute Gasteiger partial charge is 0.379 e. The van der Waals surface area contributed by atoms with Crippen LogP contribution in [0.5, 0.6) is 0 Å². The first kappa shape index (κ1) is 21.4. The second-order valence-electron chi connectivity index (χ2n) is 7.78. The molecule has 0 bridgehead atoms. The summed E-state index contributed by atoms with van der Waals surface area (Å²) < 4.78 is 5.36. The SMILES string of the molecule is O=[N+]([O-])c1c(NCCN2CCOCC2)ncnc1N1CCN(Cc2ccccc2)CC1. The lowest BCUT2D eigenvalue weighted by Gasteiger charge is -2.35. The minimum Gasteiger partial charge on any atom is -0.379 e. The Kier molecular flexibility index (Phi) is 7.23. The molecular formula is C21H29N7O3. The van der Waals surface area contributed by atoms with Crippen molar-refractivity contribution < 1.29 is 9.66 Å². The molecule has 0 unspecified atom stereocenters. The van der Waals surface area contributed by atoms with Gasteiger partial charge in [0.2, 0.25) is 11.6 Å². The molecule has 2 saturated heterocycles. The lowest BCUT2D eigenvalue weighted by atomic mass is 10.2. The van der Waals surface area contributed by atoms with Crippen molar-refractivity contribution in [3.05, 3.63) is 52.3 Å². The van der Waals surface area contributed by atoms with Crippen LogP contribution in [0.4, 0.5) is 17.3 Å². The number of hydrogen-bond acceptors (Lipinski definition) is 9. The van der Waals surface area contributed by atoms with Crippen LogP contribution in [0.2, 0.25) is 0 Å². The molecule has 166 valence electrons. The van der Waals surface area contributed by atoms with Crippen molar-refractivity contribution in [1.82, 2.24) is 19.8 Å². The van der Waals surface area contributed by atoms with Crippen LogP contribution in [-0.2, 0) is 11.3 Å². The average molecular weight is 428 g/mol. The van der Waals surface area contributed by atoms with Crippen molar-refractivity contribution in [3.8, 4) is 0 Å². The number of aromatic nitrogens is 2. The number of ether oxygens (including phenoxy) is 1. The molecule has 0 aliphatic carbocycles. The van der Waals surface area contributed by atoms with Gasteiger partial charge in [-0.05, 0) is 5.56 Å². The highest BCUT2D eigenvalue weighted by atomic mass is 16.6. The van der Waals surface area contributed by atoms with E-state index in [-0.39, 0.29) is 16.4 Å². The fourth-order valence-electron chi connectivity index (χ4n) is 4.01. The van der Waals surface area contributed by atoms with Crippen molar-refractivity contribution in [2.24, 2.45) is 0 Å². The maximum atomic E-state index is 11.9. The van der Waals surface area contributed by atoms with Crippen molar-refractivity contribution in [1.29, 1.82) is 0 Å². The average Bonchev–Trinajstić information content (AvgIpc) is 2.81. The normalized spacial score (nSPS) is 18.1. The Morgan fingerprint density at radius 2 is 1.74 bits per heavy atom. The molecular weight excluding hydrogens is 398 g/mol. The smallest absolute Gasteiger partial charge is 0.353 e. The van der Waals surface area contributed by atoms with Gasteiger partial charge in [0.25, 0.3) is 0 Å². The van der Waals surface area contributed by atoms with Crippen molar-refractivity contribution in [2.45, 2.75) is 6.54 Å². The first-order valence-electron chi connectivity index (χ1n) is 10.8. The highest BCUT2D eigenvalue weighted by molar-refractivity contribution is 5.70. The zero-order chi connectivity index (χ0) is 21.5. The fourth-order valence-corrected chi connectivity index (χ4v) is 4.01. The zero-order valence-corrected chi connectivity index (χ0v) is 17.7. The molecule has 0 radical (unpaired) electrons. The van der Waals surface area contributed by atoms with Gasteiger partial charge in [-0.3, -0.25) is 19.9 Å². The van der Waals surface area contributed by atoms with E-state index >= 15 is 0 Å². The molecule has 0 atom stereocenters. The van der Waals surface area contributed by atoms with Crippen LogP contribution in [0.25, 0.3) is 0 Å². The Morgan fingerprint density at radius 1 is 1.00 bits per heavy atom. The molecule has 0 spiro atoms. The van der Waals surface area contributed by atoms with Gasteiger partial charge in [-0.15, -0.1) is 0 Å². The summed E-state index contributed by atoms with van der Waals surface area (Å²) in [6.45, 7) is 8.52. The number of piperazine rings is 1. The van der Waals surface area contributed by atoms with Gasteiger partial charge >= 0.3 is 5.69 Å². The van der Waals surface area contributed by atoms with E-state index in [1.54, 1.807) is 0 Å². The Balaban J connectivity index is 1.37. The summed E-state index contributed by atoms with van der Waals surface area (Å²) in [5, 5.41) is 15.0. The number of anilines is 2. The van der Waals surface area contributed by atoms with Crippen LogP contribution >= 0.6 is 0 Å². The number of nitro groups is 1. The summed E-state index contributed by atoms with van der Waals surface area (Å²) in [5.74, 6) is 0.684. The molecule has 1 N–H and O–H groups in total. The van der Waals surface area contributed by atoms with Crippen LogP contribution in [0.3, 0.4) is 0 Å². The summed E-state index contributed by atoms with van der Waals surface area (Å²) in [5.41, 5.74) is 1.23. The Bertz CT molecular complexity index is 853. The van der Waals surface area contributed by atoms with Gasteiger partial charge in [-0.25, -0.2) is 9.97 Å². The molecule has 2 fully saturated rings. The second kappa shape index (κ2) is 10.5. The Morgan fingerprint density at radius 3 is 2.45 bits per heavy atom. The molecule has 1 aromatic heterocycles. The maximum absolute atomic E-state index is 11.9. The van der Waals surface area contributed by atoms with E-state index in [9.17, 15) is 10.1 Å². The summed E-state index contributed by atoms with van der Waals surface area (Å²) in [6.07, 6.45) is 1.41. The molecule has 1 aromatic carbocycles. The number of nitrogens with one attached hydrogen (secondary N) is 1. The topological polar surface area (TPSA) is 99.9 Å². The van der Waals surface area contributed by atoms with E-state index in [2.05, 4.69) is 37.2 Å². The number of morpholine rings is 1. The van der Waals surface area contributed by atoms with E-state index in [0.29, 0.717) is 25.5 Å². The quantitative estimate of drug-likeness (QED) is 0.495. The van der Waals surface area contributed by atoms with Gasteiger partial charge in [-0.1, -0.05) is 30.3 Å². The maximum Gasteiger partial charge on any atom is 0.353 e. The van der Waals surface area contributed by atoms with Crippen LogP contribution < -0.4 is 10.2 Å². The van der Waals surface area contributed by atoms with E-state index in [1.165, 1.54) is 11.9 Å². The minimum atomic E-state index is -0.372. The van der Waals surface area contributed by atoms with Crippen molar-refractivity contribution in [3.63, 3.8) is 0 Å². The van der Waals surface area contributed by atoms with E-state index in [4.69, 9.17) is 4.74 Å². The Labute approximate surface area is 182 Å². The summed E-state index contributed by atoms with van der Waals surface area (Å²) >= 11 is 0.